The number of aliphatic hydroxyl groups is 2. The minimum Gasteiger partial charge on any atom is -0.393 e. The van der Waals surface area contributed by atoms with Crippen LogP contribution in [0.25, 0.3) is 0 Å². The van der Waals surface area contributed by atoms with E-state index in [1.807, 2.05) is 73.7 Å². The number of rotatable bonds is 8. The van der Waals surface area contributed by atoms with Crippen molar-refractivity contribution in [3.63, 3.8) is 0 Å². The second-order valence-corrected chi connectivity index (χ2v) is 17.6. The van der Waals surface area contributed by atoms with E-state index in [9.17, 15) is 33.0 Å². The summed E-state index contributed by atoms with van der Waals surface area (Å²) in [4.78, 5) is 30.8. The fraction of sp³-hybridized carbons (Fsp3) is 0.478. The third-order valence-corrected chi connectivity index (χ3v) is 15.0. The third kappa shape index (κ3) is 5.82. The summed E-state index contributed by atoms with van der Waals surface area (Å²) < 4.78 is 41.8. The number of ketones is 1. The quantitative estimate of drug-likeness (QED) is 0.158. The molecule has 1 unspecified atom stereocenters. The Morgan fingerprint density at radius 1 is 0.873 bits per heavy atom. The summed E-state index contributed by atoms with van der Waals surface area (Å²) in [5.41, 5.74) is -2.34. The SMILES string of the molecule is C[C@@H](NC(=O)N(Cc1ccccc1)C[C@]1(O)CC[C@H]2[C@]34C=C[C@@]5(C=C3C(=O)c3cccc(C(F)(F)F)c3)CC(O)CC[C@]5(C)[C@H]4CC[C@@]21C)c1ccccc1. The number of nitrogens with one attached hydrogen (secondary N) is 1. The molecule has 9 atom stereocenters. The molecule has 3 N–H and O–H groups in total. The molecule has 6 aliphatic carbocycles. The van der Waals surface area contributed by atoms with E-state index in [0.717, 1.165) is 29.7 Å². The van der Waals surface area contributed by atoms with Crippen molar-refractivity contribution >= 4 is 11.8 Å². The Morgan fingerprint density at radius 2 is 1.53 bits per heavy atom. The van der Waals surface area contributed by atoms with Gasteiger partial charge in [0, 0.05) is 33.9 Å². The van der Waals surface area contributed by atoms with Gasteiger partial charge in [0.1, 0.15) is 0 Å². The highest BCUT2D eigenvalue weighted by Gasteiger charge is 2.74. The number of halogens is 3. The summed E-state index contributed by atoms with van der Waals surface area (Å²) >= 11 is 0. The van der Waals surface area contributed by atoms with E-state index < -0.39 is 45.5 Å². The molecule has 2 bridgehead atoms. The number of nitrogens with zero attached hydrogens (tertiary/aromatic N) is 1. The van der Waals surface area contributed by atoms with Gasteiger partial charge in [0.15, 0.2) is 5.78 Å². The maximum absolute atomic E-state index is 14.9. The molecule has 3 fully saturated rings. The van der Waals surface area contributed by atoms with E-state index in [-0.39, 0.29) is 48.0 Å². The molecule has 0 heterocycles. The van der Waals surface area contributed by atoms with Gasteiger partial charge in [0.2, 0.25) is 0 Å². The largest absolute Gasteiger partial charge is 0.416 e. The van der Waals surface area contributed by atoms with Crippen molar-refractivity contribution in [1.29, 1.82) is 0 Å². The molecule has 290 valence electrons. The van der Waals surface area contributed by atoms with Crippen molar-refractivity contribution in [3.8, 4) is 0 Å². The minimum atomic E-state index is -4.61. The van der Waals surface area contributed by atoms with Gasteiger partial charge in [0.05, 0.1) is 29.9 Å². The average molecular weight is 753 g/mol. The number of Topliss-reactive ketones (excluding diaryl/α,β-unsaturated/α-hetero) is 1. The summed E-state index contributed by atoms with van der Waals surface area (Å²) in [6.45, 7) is 6.67. The Morgan fingerprint density at radius 3 is 2.24 bits per heavy atom. The molecular weight excluding hydrogens is 702 g/mol. The molecular formula is C46H51F3N2O4. The zero-order valence-electron chi connectivity index (χ0n) is 31.8. The summed E-state index contributed by atoms with van der Waals surface area (Å²) in [7, 11) is 0. The van der Waals surface area contributed by atoms with Gasteiger partial charge in [-0.3, -0.25) is 4.79 Å². The van der Waals surface area contributed by atoms with Gasteiger partial charge < -0.3 is 20.4 Å². The first-order valence-electron chi connectivity index (χ1n) is 19.8. The number of alkyl halides is 3. The Hall–Kier alpha value is -4.21. The maximum Gasteiger partial charge on any atom is 0.416 e. The number of aliphatic hydroxyl groups excluding tert-OH is 1. The summed E-state index contributed by atoms with van der Waals surface area (Å²) in [5.74, 6) is -0.683. The number of hydrogen-bond acceptors (Lipinski definition) is 4. The van der Waals surface area contributed by atoms with Crippen LogP contribution in [0.15, 0.2) is 109 Å². The Bertz CT molecular complexity index is 2030. The molecule has 9 heteroatoms. The number of carbonyl (C=O) groups excluding carboxylic acids is 2. The van der Waals surface area contributed by atoms with Crippen LogP contribution in [0.3, 0.4) is 0 Å². The van der Waals surface area contributed by atoms with Crippen molar-refractivity contribution in [2.75, 3.05) is 6.54 Å². The first kappa shape index (κ1) is 37.7. The van der Waals surface area contributed by atoms with E-state index in [2.05, 4.69) is 31.3 Å². The fourth-order valence-electron chi connectivity index (χ4n) is 12.0. The molecule has 2 amide bonds. The van der Waals surface area contributed by atoms with Crippen LogP contribution in [0.4, 0.5) is 18.0 Å². The highest BCUT2D eigenvalue weighted by atomic mass is 19.4. The number of amides is 2. The topological polar surface area (TPSA) is 89.9 Å². The number of benzene rings is 3. The number of allylic oxidation sites excluding steroid dienone is 4. The number of hydrogen-bond donors (Lipinski definition) is 3. The van der Waals surface area contributed by atoms with Gasteiger partial charge >= 0.3 is 12.2 Å². The van der Waals surface area contributed by atoms with Gasteiger partial charge in [-0.25, -0.2) is 4.79 Å². The van der Waals surface area contributed by atoms with Crippen molar-refractivity contribution in [2.45, 2.75) is 96.2 Å². The Labute approximate surface area is 321 Å². The lowest BCUT2D eigenvalue weighted by Gasteiger charge is -2.71. The van der Waals surface area contributed by atoms with E-state index in [1.54, 1.807) is 4.90 Å². The van der Waals surface area contributed by atoms with E-state index in [0.29, 0.717) is 44.1 Å². The number of carbonyl (C=O) groups is 2. The van der Waals surface area contributed by atoms with Crippen LogP contribution in [-0.2, 0) is 12.7 Å². The maximum atomic E-state index is 14.9. The average Bonchev–Trinajstić information content (AvgIpc) is 3.44. The van der Waals surface area contributed by atoms with Crippen LogP contribution in [0.5, 0.6) is 0 Å². The minimum absolute atomic E-state index is 0.0108. The molecule has 0 aromatic heterocycles. The summed E-state index contributed by atoms with van der Waals surface area (Å²) in [6, 6.07) is 23.6. The zero-order chi connectivity index (χ0) is 39.0. The Balaban J connectivity index is 1.19. The van der Waals surface area contributed by atoms with E-state index in [1.165, 1.54) is 12.1 Å². The zero-order valence-corrected chi connectivity index (χ0v) is 31.8. The first-order chi connectivity index (χ1) is 26.1. The van der Waals surface area contributed by atoms with Crippen LogP contribution < -0.4 is 5.32 Å². The first-order valence-corrected chi connectivity index (χ1v) is 19.8. The van der Waals surface area contributed by atoms with Gasteiger partial charge in [-0.05, 0) is 92.4 Å². The van der Waals surface area contributed by atoms with Crippen molar-refractivity contribution in [1.82, 2.24) is 10.2 Å². The van der Waals surface area contributed by atoms with Crippen molar-refractivity contribution in [2.24, 2.45) is 33.5 Å². The lowest BCUT2D eigenvalue weighted by atomic mass is 9.32. The van der Waals surface area contributed by atoms with Gasteiger partial charge in [-0.15, -0.1) is 0 Å². The number of urea groups is 1. The monoisotopic (exact) mass is 752 g/mol. The highest BCUT2D eigenvalue weighted by Crippen LogP contribution is 2.78. The molecule has 6 aliphatic rings. The summed E-state index contributed by atoms with van der Waals surface area (Å²) in [6.07, 6.45) is 5.35. The molecule has 9 rings (SSSR count). The van der Waals surface area contributed by atoms with Crippen LogP contribution in [-0.4, -0.2) is 45.2 Å². The second kappa shape index (κ2) is 13.2. The Kier molecular flexibility index (Phi) is 9.04. The fourth-order valence-corrected chi connectivity index (χ4v) is 12.0. The second-order valence-electron chi connectivity index (χ2n) is 17.6. The van der Waals surface area contributed by atoms with Crippen molar-refractivity contribution < 1.29 is 33.0 Å². The molecule has 0 aliphatic heterocycles. The van der Waals surface area contributed by atoms with Crippen LogP contribution >= 0.6 is 0 Å². The van der Waals surface area contributed by atoms with Crippen LogP contribution in [0, 0.1) is 33.5 Å². The number of fused-ring (bicyclic) bond motifs is 1. The molecule has 6 nitrogen and oxygen atoms in total. The van der Waals surface area contributed by atoms with Gasteiger partial charge in [-0.1, -0.05) is 105 Å². The third-order valence-electron chi connectivity index (χ3n) is 15.0. The predicted molar refractivity (Wildman–Crippen MR) is 205 cm³/mol. The predicted octanol–water partition coefficient (Wildman–Crippen LogP) is 9.45. The standard InChI is InChI=1S/C46H51F3N2O4/c1-30(32-13-8-5-9-14-32)50-40(54)51(28-31-11-6-4-7-12-31)29-44(55)22-19-38-42(44,3)21-18-37-41(2)20-17-35(52)26-43(41)23-24-45(37,38)36(27-43)39(53)33-15-10-16-34(25-33)46(47,48)49/h4-16,23-25,27,30,35,37-38,52,55H,17-22,26,28-29H2,1-3H3,(H,50,54)/t30-,35?,37-,38-,41-,42+,43+,44-,45-/m1/s1. The molecule has 0 saturated heterocycles. The van der Waals surface area contributed by atoms with Gasteiger partial charge in [-0.2, -0.15) is 13.2 Å². The lowest BCUT2D eigenvalue weighted by molar-refractivity contribution is -0.174. The van der Waals surface area contributed by atoms with E-state index in [4.69, 9.17) is 0 Å². The molecule has 3 aromatic carbocycles. The normalized spacial score (nSPS) is 35.2. The smallest absolute Gasteiger partial charge is 0.393 e. The van der Waals surface area contributed by atoms with Gasteiger partial charge in [0.25, 0.3) is 0 Å². The summed E-state index contributed by atoms with van der Waals surface area (Å²) in [5, 5.41) is 27.3. The molecule has 2 spiro atoms. The van der Waals surface area contributed by atoms with Crippen molar-refractivity contribution in [3.05, 3.63) is 131 Å². The highest BCUT2D eigenvalue weighted by molar-refractivity contribution is 6.10. The lowest BCUT2D eigenvalue weighted by Crippen LogP contribution is -2.67. The molecule has 55 heavy (non-hydrogen) atoms. The molecule has 3 aromatic rings. The molecule has 0 radical (unpaired) electrons. The van der Waals surface area contributed by atoms with Crippen LogP contribution in [0.2, 0.25) is 0 Å². The van der Waals surface area contributed by atoms with Crippen LogP contribution in [0.1, 0.15) is 98.8 Å². The van der Waals surface area contributed by atoms with E-state index >= 15 is 0 Å². The molecule has 3 saturated carbocycles.